The number of nitrogens with one attached hydrogen (secondary N) is 1. The summed E-state index contributed by atoms with van der Waals surface area (Å²) < 4.78 is 8.27. The van der Waals surface area contributed by atoms with Gasteiger partial charge in [0, 0.05) is 35.9 Å². The van der Waals surface area contributed by atoms with Crippen LogP contribution in [0.25, 0.3) is 0 Å². The van der Waals surface area contributed by atoms with Crippen molar-refractivity contribution < 1.29 is 1.37 Å². The monoisotopic (exact) mass is 299 g/mol. The van der Waals surface area contributed by atoms with Crippen LogP contribution in [0.15, 0.2) is 52.3 Å². The molecule has 21 heavy (non-hydrogen) atoms. The standard InChI is InChI=1S/C18H22N2S/c1-14-7-8-17(15(2)13-14)21-18-6-4-3-5-16(18)20-11-9-19-10-12-20/h3-8,13,19H,9-12H2,1-2H3/i11D. The number of piperazine rings is 1. The van der Waals surface area contributed by atoms with E-state index in [9.17, 15) is 0 Å². The summed E-state index contributed by atoms with van der Waals surface area (Å²) in [5, 5.41) is 3.28. The second-order valence-corrected chi connectivity index (χ2v) is 6.50. The largest absolute Gasteiger partial charge is 0.368 e. The number of rotatable bonds is 3. The number of benzene rings is 2. The molecule has 3 rings (SSSR count). The molecule has 1 aliphatic rings. The molecule has 1 unspecified atom stereocenters. The predicted molar refractivity (Wildman–Crippen MR) is 91.6 cm³/mol. The summed E-state index contributed by atoms with van der Waals surface area (Å²) in [5.74, 6) is 0. The Hall–Kier alpha value is -1.45. The molecule has 2 nitrogen and oxygen atoms in total. The molecular formula is C18H22N2S. The van der Waals surface area contributed by atoms with Gasteiger partial charge in [0.15, 0.2) is 0 Å². The van der Waals surface area contributed by atoms with Gasteiger partial charge >= 0.3 is 0 Å². The minimum Gasteiger partial charge on any atom is -0.368 e. The van der Waals surface area contributed by atoms with Gasteiger partial charge in [-0.25, -0.2) is 0 Å². The summed E-state index contributed by atoms with van der Waals surface area (Å²) in [6.45, 7) is 6.63. The van der Waals surface area contributed by atoms with E-state index in [1.54, 1.807) is 11.8 Å². The van der Waals surface area contributed by atoms with Crippen LogP contribution in [-0.2, 0) is 0 Å². The third-order valence-corrected chi connectivity index (χ3v) is 4.95. The Morgan fingerprint density at radius 3 is 2.76 bits per heavy atom. The van der Waals surface area contributed by atoms with Crippen molar-refractivity contribution in [1.29, 1.82) is 0 Å². The first kappa shape index (κ1) is 13.2. The molecule has 3 heteroatoms. The van der Waals surface area contributed by atoms with Gasteiger partial charge in [-0.15, -0.1) is 0 Å². The zero-order chi connectivity index (χ0) is 15.5. The molecule has 2 aromatic carbocycles. The number of hydrogen-bond donors (Lipinski definition) is 1. The quantitative estimate of drug-likeness (QED) is 0.926. The van der Waals surface area contributed by atoms with Gasteiger partial charge in [-0.2, -0.15) is 0 Å². The highest BCUT2D eigenvalue weighted by atomic mass is 32.2. The molecule has 0 aliphatic carbocycles. The van der Waals surface area contributed by atoms with Crippen LogP contribution in [0.2, 0.25) is 0 Å². The molecule has 0 saturated carbocycles. The Morgan fingerprint density at radius 1 is 1.10 bits per heavy atom. The van der Waals surface area contributed by atoms with Crippen LogP contribution in [0.5, 0.6) is 0 Å². The number of hydrogen-bond acceptors (Lipinski definition) is 3. The average molecular weight is 299 g/mol. The molecule has 1 aliphatic heterocycles. The number of para-hydroxylation sites is 1. The van der Waals surface area contributed by atoms with Gasteiger partial charge in [0.2, 0.25) is 0 Å². The average Bonchev–Trinajstić information content (AvgIpc) is 2.51. The van der Waals surface area contributed by atoms with Crippen LogP contribution in [0.1, 0.15) is 12.5 Å². The van der Waals surface area contributed by atoms with Crippen molar-refractivity contribution in [3.05, 3.63) is 53.6 Å². The van der Waals surface area contributed by atoms with E-state index >= 15 is 0 Å². The lowest BCUT2D eigenvalue weighted by molar-refractivity contribution is 0.587. The van der Waals surface area contributed by atoms with Crippen LogP contribution < -0.4 is 10.2 Å². The Bertz CT molecular complexity index is 659. The normalized spacial score (nSPS) is 19.4. The molecule has 1 fully saturated rings. The van der Waals surface area contributed by atoms with Crippen molar-refractivity contribution in [1.82, 2.24) is 5.32 Å². The molecule has 0 spiro atoms. The fraction of sp³-hybridized carbons (Fsp3) is 0.333. The maximum absolute atomic E-state index is 8.27. The fourth-order valence-electron chi connectivity index (χ4n) is 2.60. The highest BCUT2D eigenvalue weighted by Gasteiger charge is 2.14. The Balaban J connectivity index is 1.91. The van der Waals surface area contributed by atoms with E-state index in [-0.39, 0.29) is 6.52 Å². The van der Waals surface area contributed by atoms with Crippen molar-refractivity contribution >= 4 is 17.4 Å². The van der Waals surface area contributed by atoms with E-state index in [1.165, 1.54) is 26.6 Å². The third kappa shape index (κ3) is 3.42. The van der Waals surface area contributed by atoms with Gasteiger partial charge in [0.25, 0.3) is 0 Å². The molecule has 0 radical (unpaired) electrons. The van der Waals surface area contributed by atoms with Crippen LogP contribution in [-0.4, -0.2) is 26.2 Å². The van der Waals surface area contributed by atoms with Gasteiger partial charge < -0.3 is 10.2 Å². The van der Waals surface area contributed by atoms with Gasteiger partial charge in [0.05, 0.1) is 7.06 Å². The van der Waals surface area contributed by atoms with E-state index < -0.39 is 0 Å². The summed E-state index contributed by atoms with van der Waals surface area (Å²) in [6, 6.07) is 15.0. The van der Waals surface area contributed by atoms with E-state index in [0.29, 0.717) is 0 Å². The van der Waals surface area contributed by atoms with Gasteiger partial charge in [-0.1, -0.05) is 41.6 Å². The van der Waals surface area contributed by atoms with Gasteiger partial charge in [-0.05, 0) is 37.6 Å². The summed E-state index contributed by atoms with van der Waals surface area (Å²) in [6.07, 6.45) is 0. The maximum atomic E-state index is 8.27. The fourth-order valence-corrected chi connectivity index (χ4v) is 3.63. The number of aryl methyl sites for hydroxylation is 2. The molecule has 1 heterocycles. The summed E-state index contributed by atoms with van der Waals surface area (Å²) in [7, 11) is 0. The first-order chi connectivity index (χ1) is 10.6. The number of anilines is 1. The molecule has 110 valence electrons. The minimum atomic E-state index is -0.213. The summed E-state index contributed by atoms with van der Waals surface area (Å²) in [5.41, 5.74) is 3.78. The highest BCUT2D eigenvalue weighted by molar-refractivity contribution is 7.99. The van der Waals surface area contributed by atoms with Crippen molar-refractivity contribution in [2.75, 3.05) is 31.1 Å². The Kier molecular flexibility index (Phi) is 4.12. The van der Waals surface area contributed by atoms with E-state index in [0.717, 1.165) is 19.6 Å². The van der Waals surface area contributed by atoms with Crippen LogP contribution in [0, 0.1) is 13.8 Å². The zero-order valence-corrected chi connectivity index (χ0v) is 13.4. The van der Waals surface area contributed by atoms with Crippen molar-refractivity contribution in [3.8, 4) is 0 Å². The van der Waals surface area contributed by atoms with Crippen molar-refractivity contribution in [2.45, 2.75) is 23.6 Å². The van der Waals surface area contributed by atoms with E-state index in [4.69, 9.17) is 1.37 Å². The second kappa shape index (κ2) is 6.54. The Labute approximate surface area is 133 Å². The highest BCUT2D eigenvalue weighted by Crippen LogP contribution is 2.37. The smallest absolute Gasteiger partial charge is 0.0508 e. The molecule has 1 saturated heterocycles. The predicted octanol–water partition coefficient (Wildman–Crippen LogP) is 3.86. The summed E-state index contributed by atoms with van der Waals surface area (Å²) in [4.78, 5) is 4.71. The zero-order valence-electron chi connectivity index (χ0n) is 13.6. The molecule has 0 bridgehead atoms. The molecule has 1 N–H and O–H groups in total. The number of nitrogens with zero attached hydrogens (tertiary/aromatic N) is 1. The molecule has 0 aromatic heterocycles. The van der Waals surface area contributed by atoms with Crippen molar-refractivity contribution in [2.24, 2.45) is 0 Å². The second-order valence-electron chi connectivity index (χ2n) is 5.42. The maximum Gasteiger partial charge on any atom is 0.0508 e. The first-order valence-electron chi connectivity index (χ1n) is 7.96. The summed E-state index contributed by atoms with van der Waals surface area (Å²) >= 11 is 1.80. The first-order valence-corrected chi connectivity index (χ1v) is 8.20. The lowest BCUT2D eigenvalue weighted by Crippen LogP contribution is -2.43. The van der Waals surface area contributed by atoms with E-state index in [2.05, 4.69) is 66.5 Å². The molecule has 2 aromatic rings. The molecular weight excluding hydrogens is 276 g/mol. The topological polar surface area (TPSA) is 15.3 Å². The van der Waals surface area contributed by atoms with Crippen LogP contribution >= 0.6 is 11.8 Å². The van der Waals surface area contributed by atoms with Gasteiger partial charge in [-0.3, -0.25) is 0 Å². The lowest BCUT2D eigenvalue weighted by atomic mass is 10.2. The van der Waals surface area contributed by atoms with Crippen molar-refractivity contribution in [3.63, 3.8) is 0 Å². The lowest BCUT2D eigenvalue weighted by Gasteiger charge is -2.31. The third-order valence-electron chi connectivity index (χ3n) is 3.71. The van der Waals surface area contributed by atoms with Crippen LogP contribution in [0.3, 0.4) is 0 Å². The van der Waals surface area contributed by atoms with Crippen LogP contribution in [0.4, 0.5) is 5.69 Å². The van der Waals surface area contributed by atoms with Gasteiger partial charge in [0.1, 0.15) is 0 Å². The molecule has 1 atom stereocenters. The minimum absolute atomic E-state index is 0.213. The SMILES string of the molecule is [2H]C1CNCCN1c1ccccc1Sc1ccc(C)cc1C. The molecule has 0 amide bonds. The Morgan fingerprint density at radius 2 is 1.95 bits per heavy atom. The van der Waals surface area contributed by atoms with E-state index in [1.807, 2.05) is 0 Å².